The van der Waals surface area contributed by atoms with Gasteiger partial charge in [-0.2, -0.15) is 0 Å². The van der Waals surface area contributed by atoms with E-state index in [-0.39, 0.29) is 12.4 Å². The fourth-order valence-corrected chi connectivity index (χ4v) is 4.30. The van der Waals surface area contributed by atoms with Crippen molar-refractivity contribution in [3.63, 3.8) is 0 Å². The van der Waals surface area contributed by atoms with Crippen LogP contribution in [0, 0.1) is 5.92 Å². The van der Waals surface area contributed by atoms with Gasteiger partial charge in [0.1, 0.15) is 5.75 Å². The van der Waals surface area contributed by atoms with Gasteiger partial charge in [-0.15, -0.1) is 0 Å². The van der Waals surface area contributed by atoms with E-state index in [0.717, 1.165) is 0 Å². The molecule has 6 heteroatoms. The Balaban J connectivity index is 1.92. The van der Waals surface area contributed by atoms with Crippen molar-refractivity contribution in [1.29, 1.82) is 0 Å². The molecule has 0 radical (unpaired) electrons. The molecule has 3 aromatic rings. The predicted molar refractivity (Wildman–Crippen MR) is 120 cm³/mol. The van der Waals surface area contributed by atoms with Crippen LogP contribution in [0.2, 0.25) is 5.02 Å². The molecule has 0 spiro atoms. The molecule has 5 nitrogen and oxygen atoms in total. The highest BCUT2D eigenvalue weighted by molar-refractivity contribution is 6.30. The van der Waals surface area contributed by atoms with Crippen LogP contribution in [0.15, 0.2) is 78.9 Å². The molecule has 1 heterocycles. The Morgan fingerprint density at radius 2 is 1.62 bits per heavy atom. The van der Waals surface area contributed by atoms with E-state index in [1.807, 2.05) is 30.3 Å². The van der Waals surface area contributed by atoms with Crippen LogP contribution in [-0.4, -0.2) is 24.3 Å². The number of carbonyl (C=O) groups excluding carboxylic acids is 3. The Labute approximate surface area is 190 Å². The van der Waals surface area contributed by atoms with Gasteiger partial charge in [-0.3, -0.25) is 14.4 Å². The van der Waals surface area contributed by atoms with Gasteiger partial charge in [0.2, 0.25) is 0 Å². The van der Waals surface area contributed by atoms with E-state index in [1.54, 1.807) is 55.5 Å². The number of benzene rings is 3. The summed E-state index contributed by atoms with van der Waals surface area (Å²) in [4.78, 5) is 39.7. The van der Waals surface area contributed by atoms with Crippen LogP contribution in [0.4, 0.5) is 0 Å². The first-order valence-corrected chi connectivity index (χ1v) is 10.7. The van der Waals surface area contributed by atoms with Gasteiger partial charge in [0.05, 0.1) is 12.5 Å². The summed E-state index contributed by atoms with van der Waals surface area (Å²) in [5.41, 5.74) is 1.74. The molecule has 3 atom stereocenters. The molecule has 0 bridgehead atoms. The second-order valence-corrected chi connectivity index (χ2v) is 7.91. The summed E-state index contributed by atoms with van der Waals surface area (Å²) in [5.74, 6) is -4.20. The van der Waals surface area contributed by atoms with Gasteiger partial charge in [0.25, 0.3) is 0 Å². The Morgan fingerprint density at radius 1 is 0.969 bits per heavy atom. The summed E-state index contributed by atoms with van der Waals surface area (Å²) in [6, 6.07) is 22.7. The minimum absolute atomic E-state index is 0.109. The summed E-state index contributed by atoms with van der Waals surface area (Å²) in [5, 5.41) is 0.508. The van der Waals surface area contributed by atoms with Gasteiger partial charge in [-0.25, -0.2) is 0 Å². The fraction of sp³-hybridized carbons (Fsp3) is 0.192. The number of esters is 2. The smallest absolute Gasteiger partial charge is 0.326 e. The highest BCUT2D eigenvalue weighted by atomic mass is 35.5. The summed E-state index contributed by atoms with van der Waals surface area (Å²) in [6.45, 7) is 1.78. The molecule has 0 saturated carbocycles. The lowest BCUT2D eigenvalue weighted by molar-refractivity contribution is -0.159. The van der Waals surface area contributed by atoms with Gasteiger partial charge < -0.3 is 9.47 Å². The van der Waals surface area contributed by atoms with E-state index >= 15 is 0 Å². The molecular formula is C26H21ClO5. The molecule has 0 fully saturated rings. The van der Waals surface area contributed by atoms with E-state index in [2.05, 4.69) is 0 Å². The number of ketones is 1. The second-order valence-electron chi connectivity index (χ2n) is 7.47. The average Bonchev–Trinajstić information content (AvgIpc) is 2.80. The molecule has 0 N–H and O–H groups in total. The maximum absolute atomic E-state index is 13.9. The van der Waals surface area contributed by atoms with Crippen LogP contribution in [0.5, 0.6) is 5.75 Å². The predicted octanol–water partition coefficient (Wildman–Crippen LogP) is 5.19. The van der Waals surface area contributed by atoms with Crippen molar-refractivity contribution >= 4 is 29.3 Å². The maximum atomic E-state index is 13.9. The van der Waals surface area contributed by atoms with Crippen LogP contribution < -0.4 is 4.74 Å². The fourth-order valence-electron chi connectivity index (χ4n) is 4.17. The van der Waals surface area contributed by atoms with Crippen molar-refractivity contribution in [2.45, 2.75) is 18.8 Å². The van der Waals surface area contributed by atoms with Crippen LogP contribution >= 0.6 is 11.6 Å². The average molecular weight is 449 g/mol. The standard InChI is InChI=1S/C26H21ClO5/c1-2-31-25(29)23-22(19-10-6-7-11-20(19)32-26(23)30)21(16-8-4-3-5-9-16)24(28)17-12-14-18(27)15-13-17/h3-15,21-23H,2H2,1H3/t21-,22-,23-/m1/s1. The number of carbonyl (C=O) groups is 3. The van der Waals surface area contributed by atoms with Crippen LogP contribution in [0.25, 0.3) is 0 Å². The van der Waals surface area contributed by atoms with Gasteiger partial charge in [-0.1, -0.05) is 60.1 Å². The summed E-state index contributed by atoms with van der Waals surface area (Å²) >= 11 is 6.01. The van der Waals surface area contributed by atoms with E-state index in [9.17, 15) is 14.4 Å². The Bertz CT molecular complexity index is 1140. The zero-order valence-corrected chi connectivity index (χ0v) is 18.1. The number of ether oxygens (including phenoxy) is 2. The second kappa shape index (κ2) is 9.37. The van der Waals surface area contributed by atoms with Crippen LogP contribution in [-0.2, 0) is 14.3 Å². The van der Waals surface area contributed by atoms with Crippen LogP contribution in [0.1, 0.15) is 40.2 Å². The SMILES string of the molecule is CCOC(=O)[C@@H]1C(=O)Oc2ccccc2[C@@H]1[C@H](C(=O)c1ccc(Cl)cc1)c1ccccc1. The minimum Gasteiger partial charge on any atom is -0.465 e. The Kier molecular flexibility index (Phi) is 6.37. The molecule has 3 aromatic carbocycles. The minimum atomic E-state index is -1.27. The highest BCUT2D eigenvalue weighted by Gasteiger charge is 2.49. The van der Waals surface area contributed by atoms with E-state index in [4.69, 9.17) is 21.1 Å². The molecule has 1 aliphatic rings. The number of hydrogen-bond donors (Lipinski definition) is 0. The maximum Gasteiger partial charge on any atom is 0.326 e. The first-order chi connectivity index (χ1) is 15.5. The van der Waals surface area contributed by atoms with Crippen molar-refractivity contribution in [1.82, 2.24) is 0 Å². The molecule has 0 unspecified atom stereocenters. The Hall–Kier alpha value is -3.44. The molecule has 0 aromatic heterocycles. The molecule has 0 amide bonds. The molecule has 1 aliphatic heterocycles. The third-order valence-corrected chi connectivity index (χ3v) is 5.82. The molecular weight excluding hydrogens is 428 g/mol. The van der Waals surface area contributed by atoms with Gasteiger partial charge in [-0.05, 0) is 42.8 Å². The van der Waals surface area contributed by atoms with E-state index in [0.29, 0.717) is 27.5 Å². The number of rotatable bonds is 6. The molecule has 0 saturated heterocycles. The summed E-state index contributed by atoms with van der Waals surface area (Å²) in [6.07, 6.45) is 0. The lowest BCUT2D eigenvalue weighted by Crippen LogP contribution is -2.42. The number of Topliss-reactive ketones (excluding diaryl/α,β-unsaturated/α-hetero) is 1. The van der Waals surface area contributed by atoms with Crippen molar-refractivity contribution in [3.05, 3.63) is 101 Å². The lowest BCUT2D eigenvalue weighted by atomic mass is 9.69. The van der Waals surface area contributed by atoms with Gasteiger partial charge >= 0.3 is 11.9 Å². The molecule has 162 valence electrons. The van der Waals surface area contributed by atoms with Gasteiger partial charge in [0.15, 0.2) is 11.7 Å². The van der Waals surface area contributed by atoms with E-state index < -0.39 is 29.7 Å². The summed E-state index contributed by atoms with van der Waals surface area (Å²) < 4.78 is 10.7. The quantitative estimate of drug-likeness (QED) is 0.225. The first kappa shape index (κ1) is 21.8. The highest BCUT2D eigenvalue weighted by Crippen LogP contribution is 2.47. The van der Waals surface area contributed by atoms with Crippen molar-refractivity contribution in [2.75, 3.05) is 6.61 Å². The van der Waals surface area contributed by atoms with Crippen molar-refractivity contribution in [3.8, 4) is 5.75 Å². The Morgan fingerprint density at radius 3 is 2.31 bits per heavy atom. The largest absolute Gasteiger partial charge is 0.465 e. The molecule has 0 aliphatic carbocycles. The third kappa shape index (κ3) is 4.16. The van der Waals surface area contributed by atoms with Crippen molar-refractivity contribution < 1.29 is 23.9 Å². The number of halogens is 1. The number of fused-ring (bicyclic) bond motifs is 1. The van der Waals surface area contributed by atoms with E-state index in [1.165, 1.54) is 0 Å². The number of hydrogen-bond acceptors (Lipinski definition) is 5. The van der Waals surface area contributed by atoms with Crippen molar-refractivity contribution in [2.24, 2.45) is 5.92 Å². The van der Waals surface area contributed by atoms with Gasteiger partial charge in [0, 0.05) is 22.1 Å². The first-order valence-electron chi connectivity index (χ1n) is 10.3. The molecule has 4 rings (SSSR count). The normalized spacial score (nSPS) is 18.2. The third-order valence-electron chi connectivity index (χ3n) is 5.57. The monoisotopic (exact) mass is 448 g/mol. The summed E-state index contributed by atoms with van der Waals surface area (Å²) in [7, 11) is 0. The zero-order chi connectivity index (χ0) is 22.7. The molecule has 32 heavy (non-hydrogen) atoms. The number of para-hydroxylation sites is 1. The zero-order valence-electron chi connectivity index (χ0n) is 17.4. The van der Waals surface area contributed by atoms with Crippen LogP contribution in [0.3, 0.4) is 0 Å². The lowest BCUT2D eigenvalue weighted by Gasteiger charge is -2.35. The topological polar surface area (TPSA) is 69.7 Å².